The first kappa shape index (κ1) is 36.7. The first-order valence-corrected chi connectivity index (χ1v) is 19.0. The van der Waals surface area contributed by atoms with Gasteiger partial charge >= 0.3 is 12.1 Å². The summed E-state index contributed by atoms with van der Waals surface area (Å²) in [5.74, 6) is 0.284. The van der Waals surface area contributed by atoms with Crippen molar-refractivity contribution in [1.82, 2.24) is 20.2 Å². The number of amides is 2. The number of thioether (sulfide) groups is 1. The molecule has 1 unspecified atom stereocenters. The van der Waals surface area contributed by atoms with Crippen molar-refractivity contribution in [2.45, 2.75) is 18.0 Å². The lowest BCUT2D eigenvalue weighted by Crippen LogP contribution is -2.43. The molecule has 0 spiro atoms. The van der Waals surface area contributed by atoms with Crippen LogP contribution in [0, 0.1) is 0 Å². The molecule has 4 aromatic carbocycles. The molecule has 6 rings (SSSR count). The van der Waals surface area contributed by atoms with E-state index in [4.69, 9.17) is 26.1 Å². The average molecular weight is 753 g/mol. The van der Waals surface area contributed by atoms with Crippen LogP contribution in [-0.4, -0.2) is 65.3 Å². The molecule has 2 heterocycles. The van der Waals surface area contributed by atoms with Gasteiger partial charge in [0.05, 0.1) is 24.2 Å². The Morgan fingerprint density at radius 1 is 0.865 bits per heavy atom. The van der Waals surface area contributed by atoms with E-state index in [9.17, 15) is 14.4 Å². The predicted octanol–water partition coefficient (Wildman–Crippen LogP) is 7.56. The minimum Gasteiger partial charge on any atom is -0.467 e. The van der Waals surface area contributed by atoms with Crippen LogP contribution >= 0.6 is 34.7 Å². The Balaban J connectivity index is 1.06. The van der Waals surface area contributed by atoms with Gasteiger partial charge in [0.15, 0.2) is 0 Å². The molecular formula is C40H37ClN4O5S2. The van der Waals surface area contributed by atoms with Crippen LogP contribution in [0.1, 0.15) is 32.1 Å². The first-order chi connectivity index (χ1) is 25.4. The van der Waals surface area contributed by atoms with Crippen LogP contribution in [0.25, 0.3) is 10.1 Å². The lowest BCUT2D eigenvalue weighted by Gasteiger charge is -2.37. The van der Waals surface area contributed by atoms with Crippen molar-refractivity contribution in [3.63, 3.8) is 0 Å². The number of ether oxygens (including phenoxy) is 2. The van der Waals surface area contributed by atoms with Crippen molar-refractivity contribution in [1.29, 1.82) is 0 Å². The van der Waals surface area contributed by atoms with E-state index >= 15 is 0 Å². The molecule has 1 atom stereocenters. The Morgan fingerprint density at radius 2 is 1.46 bits per heavy atom. The molecule has 0 aliphatic carbocycles. The lowest BCUT2D eigenvalue weighted by atomic mass is 9.77. The van der Waals surface area contributed by atoms with Crippen LogP contribution in [0.5, 0.6) is 0 Å². The first-order valence-electron chi connectivity index (χ1n) is 16.7. The number of carbonyl (C=O) groups is 3. The zero-order chi connectivity index (χ0) is 36.3. The molecule has 266 valence electrons. The maximum absolute atomic E-state index is 12.8. The normalized spacial score (nSPS) is 11.9. The van der Waals surface area contributed by atoms with Gasteiger partial charge in [0.1, 0.15) is 23.1 Å². The monoisotopic (exact) mass is 752 g/mol. The number of fused-ring (bicyclic) bond motifs is 1. The standard InChI is InChI=1S/C40H37ClN4O5S2/c1-49-38(47)33(44-39(48)50-22-24-51-23-21-42-37(46)36-35(41)32-19-11-12-20-34(32)52-36)25-31-26-45(27-43-31)40(28-13-5-2-6-14-28,29-15-7-3-8-16-29)30-17-9-4-10-18-30/h2-20,26-27,33H,21-25H2,1H3,(H,42,46)(H,44,48). The van der Waals surface area contributed by atoms with Gasteiger partial charge in [-0.1, -0.05) is 121 Å². The number of methoxy groups -OCH3 is 1. The Labute approximate surface area is 315 Å². The number of aromatic nitrogens is 2. The lowest BCUT2D eigenvalue weighted by molar-refractivity contribution is -0.143. The third-order valence-electron chi connectivity index (χ3n) is 8.52. The zero-order valence-electron chi connectivity index (χ0n) is 28.4. The minimum absolute atomic E-state index is 0.0848. The van der Waals surface area contributed by atoms with Crippen molar-refractivity contribution >= 4 is 62.8 Å². The van der Waals surface area contributed by atoms with E-state index < -0.39 is 23.6 Å². The molecule has 0 saturated carbocycles. The number of nitrogens with zero attached hydrogens (tertiary/aromatic N) is 2. The second kappa shape index (κ2) is 17.4. The third-order valence-corrected chi connectivity index (χ3v) is 11.1. The van der Waals surface area contributed by atoms with Gasteiger partial charge in [-0.25, -0.2) is 14.6 Å². The molecule has 6 aromatic rings. The van der Waals surface area contributed by atoms with E-state index in [0.717, 1.165) is 26.8 Å². The van der Waals surface area contributed by atoms with Crippen LogP contribution in [0.3, 0.4) is 0 Å². The summed E-state index contributed by atoms with van der Waals surface area (Å²) in [5.41, 5.74) is 2.90. The maximum Gasteiger partial charge on any atom is 0.407 e. The van der Waals surface area contributed by atoms with E-state index in [2.05, 4.69) is 47.0 Å². The van der Waals surface area contributed by atoms with Crippen LogP contribution in [-0.2, 0) is 26.2 Å². The minimum atomic E-state index is -1.02. The number of esters is 1. The highest BCUT2D eigenvalue weighted by Crippen LogP contribution is 2.41. The number of nitrogens with one attached hydrogen (secondary N) is 2. The number of halogens is 1. The van der Waals surface area contributed by atoms with Gasteiger partial charge in [0.25, 0.3) is 5.91 Å². The third kappa shape index (κ3) is 8.17. The van der Waals surface area contributed by atoms with Crippen LogP contribution in [0.4, 0.5) is 4.79 Å². The highest BCUT2D eigenvalue weighted by Gasteiger charge is 2.38. The number of hydrogen-bond acceptors (Lipinski definition) is 8. The Kier molecular flexibility index (Phi) is 12.3. The smallest absolute Gasteiger partial charge is 0.407 e. The molecule has 0 radical (unpaired) electrons. The second-order valence-electron chi connectivity index (χ2n) is 11.8. The highest BCUT2D eigenvalue weighted by atomic mass is 35.5. The van der Waals surface area contributed by atoms with Crippen molar-refractivity contribution in [3.8, 4) is 0 Å². The summed E-state index contributed by atoms with van der Waals surface area (Å²) in [6.07, 6.45) is 3.00. The number of carbonyl (C=O) groups excluding carboxylic acids is 3. The molecule has 0 bridgehead atoms. The summed E-state index contributed by atoms with van der Waals surface area (Å²) < 4.78 is 13.4. The molecule has 9 nitrogen and oxygen atoms in total. The number of hydrogen-bond donors (Lipinski definition) is 2. The fourth-order valence-corrected chi connectivity index (χ4v) is 8.22. The highest BCUT2D eigenvalue weighted by molar-refractivity contribution is 7.99. The topological polar surface area (TPSA) is 112 Å². The number of imidazole rings is 1. The van der Waals surface area contributed by atoms with Crippen LogP contribution in [0.2, 0.25) is 5.02 Å². The van der Waals surface area contributed by atoms with Crippen molar-refractivity contribution in [2.75, 3.05) is 31.8 Å². The predicted molar refractivity (Wildman–Crippen MR) is 207 cm³/mol. The van der Waals surface area contributed by atoms with E-state index in [-0.39, 0.29) is 18.9 Å². The van der Waals surface area contributed by atoms with E-state index in [1.54, 1.807) is 6.33 Å². The second-order valence-corrected chi connectivity index (χ2v) is 14.4. The van der Waals surface area contributed by atoms with Gasteiger partial charge < -0.3 is 24.7 Å². The van der Waals surface area contributed by atoms with E-state index in [1.165, 1.54) is 30.2 Å². The van der Waals surface area contributed by atoms with Crippen molar-refractivity contribution in [3.05, 3.63) is 160 Å². The van der Waals surface area contributed by atoms with Gasteiger partial charge in [-0.15, -0.1) is 11.3 Å². The molecule has 0 aliphatic heterocycles. The molecule has 2 amide bonds. The van der Waals surface area contributed by atoms with E-state index in [1.807, 2.05) is 89.6 Å². The molecule has 0 saturated heterocycles. The fourth-order valence-electron chi connectivity index (χ4n) is 6.14. The van der Waals surface area contributed by atoms with Crippen LogP contribution < -0.4 is 10.6 Å². The molecule has 0 aliphatic rings. The number of alkyl carbamates (subject to hydrolysis) is 1. The Morgan fingerprint density at radius 3 is 2.06 bits per heavy atom. The maximum atomic E-state index is 12.8. The van der Waals surface area contributed by atoms with Gasteiger partial charge in [-0.2, -0.15) is 11.8 Å². The molecule has 2 aromatic heterocycles. The largest absolute Gasteiger partial charge is 0.467 e. The molecule has 0 fully saturated rings. The summed E-state index contributed by atoms with van der Waals surface area (Å²) >= 11 is 9.30. The van der Waals surface area contributed by atoms with Gasteiger partial charge in [0.2, 0.25) is 0 Å². The SMILES string of the molecule is COC(=O)C(Cc1cn(C(c2ccccc2)(c2ccccc2)c2ccccc2)cn1)NC(=O)OCCSCCNC(=O)c1sc2ccccc2c1Cl. The fraction of sp³-hybridized carbons (Fsp3) is 0.200. The molecular weight excluding hydrogens is 716 g/mol. The number of thiophene rings is 1. The van der Waals surface area contributed by atoms with Crippen LogP contribution in [0.15, 0.2) is 128 Å². The quantitative estimate of drug-likeness (QED) is 0.0633. The molecule has 52 heavy (non-hydrogen) atoms. The average Bonchev–Trinajstić information content (AvgIpc) is 3.79. The summed E-state index contributed by atoms with van der Waals surface area (Å²) in [4.78, 5) is 43.4. The van der Waals surface area contributed by atoms with Gasteiger partial charge in [-0.05, 0) is 22.8 Å². The number of rotatable bonds is 15. The Bertz CT molecular complexity index is 2010. The zero-order valence-corrected chi connectivity index (χ0v) is 30.8. The Hall–Kier alpha value is -5.10. The molecule has 12 heteroatoms. The van der Waals surface area contributed by atoms with E-state index in [0.29, 0.717) is 33.6 Å². The summed E-state index contributed by atoms with van der Waals surface area (Å²) in [6, 6.07) is 37.2. The summed E-state index contributed by atoms with van der Waals surface area (Å²) in [5, 5.41) is 6.87. The van der Waals surface area contributed by atoms with Crippen molar-refractivity contribution < 1.29 is 23.9 Å². The van der Waals surface area contributed by atoms with Gasteiger partial charge in [0, 0.05) is 40.8 Å². The summed E-state index contributed by atoms with van der Waals surface area (Å²) in [6.45, 7) is 0.542. The number of benzene rings is 4. The van der Waals surface area contributed by atoms with Gasteiger partial charge in [-0.3, -0.25) is 4.79 Å². The molecule has 2 N–H and O–H groups in total. The van der Waals surface area contributed by atoms with Crippen molar-refractivity contribution in [2.24, 2.45) is 0 Å². The summed E-state index contributed by atoms with van der Waals surface area (Å²) in [7, 11) is 1.27.